The summed E-state index contributed by atoms with van der Waals surface area (Å²) >= 11 is 0. The molecule has 0 aliphatic carbocycles. The number of piperidine rings is 1. The normalized spacial score (nSPS) is 25.5. The summed E-state index contributed by atoms with van der Waals surface area (Å²) < 4.78 is 22.6. The molecule has 0 radical (unpaired) electrons. The van der Waals surface area contributed by atoms with E-state index in [1.165, 1.54) is 0 Å². The van der Waals surface area contributed by atoms with Crippen molar-refractivity contribution in [3.63, 3.8) is 0 Å². The van der Waals surface area contributed by atoms with Crippen molar-refractivity contribution in [2.24, 2.45) is 0 Å². The van der Waals surface area contributed by atoms with Gasteiger partial charge in [-0.05, 0) is 45.2 Å². The molecule has 0 spiro atoms. The highest BCUT2D eigenvalue weighted by Gasteiger charge is 2.47. The molecule has 2 bridgehead atoms. The van der Waals surface area contributed by atoms with Crippen molar-refractivity contribution >= 4 is 0 Å². The van der Waals surface area contributed by atoms with Crippen LogP contribution in [0.25, 0.3) is 16.9 Å². The van der Waals surface area contributed by atoms with Crippen molar-refractivity contribution in [2.75, 3.05) is 7.05 Å². The van der Waals surface area contributed by atoms with Crippen LogP contribution in [0.5, 0.6) is 11.6 Å². The third-order valence-corrected chi connectivity index (χ3v) is 6.17. The fourth-order valence-corrected chi connectivity index (χ4v) is 4.56. The number of likely N-dealkylation sites (N-methyl/N-ethyl adjacent to an activating group) is 1. The molecular formula is C23H24FN5O2. The van der Waals surface area contributed by atoms with E-state index in [-0.39, 0.29) is 23.7 Å². The van der Waals surface area contributed by atoms with Crippen LogP contribution < -0.4 is 4.74 Å². The minimum absolute atomic E-state index is 0.0749. The molecule has 160 valence electrons. The number of rotatable bonds is 4. The number of benzene rings is 1. The number of aryl methyl sites for hydroxylation is 1. The second-order valence-corrected chi connectivity index (χ2v) is 8.28. The van der Waals surface area contributed by atoms with E-state index in [0.717, 1.165) is 17.0 Å². The Bertz CT molecular complexity index is 1140. The lowest BCUT2D eigenvalue weighted by molar-refractivity contribution is -0.00811. The smallest absolute Gasteiger partial charge is 0.233 e. The standard InChI is InChI=1S/C23H24FN5O2/c1-13-10-16-12-20(22(24)23(13)28(16)3)31-21-7-6-18(25-26-21)17-5-4-15(11-19(17)30)29-9-8-14(2)27-29/h4-11,16,20,22-23,30H,12H2,1-3H3. The Labute approximate surface area is 179 Å². The first-order valence-electron chi connectivity index (χ1n) is 10.3. The summed E-state index contributed by atoms with van der Waals surface area (Å²) in [6, 6.07) is 10.5. The first-order chi connectivity index (χ1) is 14.9. The van der Waals surface area contributed by atoms with E-state index < -0.39 is 12.3 Å². The van der Waals surface area contributed by atoms with Crippen LogP contribution in [0, 0.1) is 6.92 Å². The summed E-state index contributed by atoms with van der Waals surface area (Å²) in [5, 5.41) is 23.1. The van der Waals surface area contributed by atoms with Gasteiger partial charge in [0.15, 0.2) is 6.17 Å². The summed E-state index contributed by atoms with van der Waals surface area (Å²) in [5.74, 6) is 0.354. The third kappa shape index (κ3) is 3.46. The zero-order valence-corrected chi connectivity index (χ0v) is 17.6. The number of phenolic OH excluding ortho intramolecular Hbond substituents is 1. The van der Waals surface area contributed by atoms with E-state index in [1.807, 2.05) is 39.2 Å². The first-order valence-corrected chi connectivity index (χ1v) is 10.3. The fourth-order valence-electron chi connectivity index (χ4n) is 4.56. The third-order valence-electron chi connectivity index (χ3n) is 6.17. The molecule has 1 aromatic carbocycles. The maximum Gasteiger partial charge on any atom is 0.233 e. The maximum absolute atomic E-state index is 15.0. The number of hydrogen-bond donors (Lipinski definition) is 1. The number of fused-ring (bicyclic) bond motifs is 2. The number of ether oxygens (including phenoxy) is 1. The molecule has 0 amide bonds. The average Bonchev–Trinajstić information content (AvgIpc) is 3.26. The Morgan fingerprint density at radius 2 is 1.97 bits per heavy atom. The monoisotopic (exact) mass is 421 g/mol. The molecule has 0 saturated carbocycles. The van der Waals surface area contributed by atoms with Gasteiger partial charge in [-0.3, -0.25) is 4.90 Å². The Morgan fingerprint density at radius 3 is 2.65 bits per heavy atom. The summed E-state index contributed by atoms with van der Waals surface area (Å²) in [6.45, 7) is 3.87. The Kier molecular flexibility index (Phi) is 4.74. The van der Waals surface area contributed by atoms with Gasteiger partial charge in [-0.2, -0.15) is 5.10 Å². The Hall–Kier alpha value is -3.26. The molecule has 2 aliphatic heterocycles. The number of aromatic hydroxyl groups is 1. The van der Waals surface area contributed by atoms with Crippen LogP contribution in [0.2, 0.25) is 0 Å². The van der Waals surface area contributed by atoms with E-state index in [4.69, 9.17) is 4.74 Å². The highest BCUT2D eigenvalue weighted by molar-refractivity contribution is 5.68. The van der Waals surface area contributed by atoms with Crippen LogP contribution in [0.15, 0.2) is 54.2 Å². The van der Waals surface area contributed by atoms with Gasteiger partial charge in [-0.25, -0.2) is 9.07 Å². The predicted octanol–water partition coefficient (Wildman–Crippen LogP) is 3.46. The van der Waals surface area contributed by atoms with Gasteiger partial charge < -0.3 is 9.84 Å². The second-order valence-electron chi connectivity index (χ2n) is 8.28. The molecule has 4 unspecified atom stereocenters. The van der Waals surface area contributed by atoms with Crippen molar-refractivity contribution in [3.8, 4) is 28.6 Å². The van der Waals surface area contributed by atoms with Crippen LogP contribution in [-0.2, 0) is 0 Å². The molecule has 2 aromatic heterocycles. The van der Waals surface area contributed by atoms with Gasteiger partial charge in [0.25, 0.3) is 0 Å². The zero-order chi connectivity index (χ0) is 21.7. The lowest BCUT2D eigenvalue weighted by Crippen LogP contribution is -2.53. The zero-order valence-electron chi connectivity index (χ0n) is 17.6. The van der Waals surface area contributed by atoms with E-state index >= 15 is 4.39 Å². The van der Waals surface area contributed by atoms with Crippen LogP contribution in [-0.4, -0.2) is 61.4 Å². The van der Waals surface area contributed by atoms with E-state index in [9.17, 15) is 5.11 Å². The molecule has 8 heteroatoms. The summed E-state index contributed by atoms with van der Waals surface area (Å²) in [7, 11) is 1.95. The molecule has 1 N–H and O–H groups in total. The molecule has 4 atom stereocenters. The number of halogens is 1. The van der Waals surface area contributed by atoms with Crippen LogP contribution in [0.3, 0.4) is 0 Å². The van der Waals surface area contributed by atoms with E-state index in [1.54, 1.807) is 28.9 Å². The molecule has 1 saturated heterocycles. The second kappa shape index (κ2) is 7.46. The minimum atomic E-state index is -1.12. The lowest BCUT2D eigenvalue weighted by atomic mass is 9.95. The molecule has 2 aliphatic rings. The molecule has 1 fully saturated rings. The fraction of sp³-hybridized carbons (Fsp3) is 0.348. The summed E-state index contributed by atoms with van der Waals surface area (Å²) in [5.41, 5.74) is 3.75. The molecule has 7 nitrogen and oxygen atoms in total. The SMILES string of the molecule is CC1=CC2CC(Oc3ccc(-c4ccc(-n5ccc(C)n5)cc4O)nn3)C(F)C1N2C. The Morgan fingerprint density at radius 1 is 1.13 bits per heavy atom. The summed E-state index contributed by atoms with van der Waals surface area (Å²) in [4.78, 5) is 2.06. The van der Waals surface area contributed by atoms with E-state index in [2.05, 4.69) is 26.3 Å². The molecule has 31 heavy (non-hydrogen) atoms. The van der Waals surface area contributed by atoms with Crippen LogP contribution in [0.4, 0.5) is 4.39 Å². The quantitative estimate of drug-likeness (QED) is 0.650. The summed E-state index contributed by atoms with van der Waals surface area (Å²) in [6.07, 6.45) is 2.84. The number of nitrogens with zero attached hydrogens (tertiary/aromatic N) is 5. The molecule has 3 aromatic rings. The highest BCUT2D eigenvalue weighted by atomic mass is 19.1. The van der Waals surface area contributed by atoms with Gasteiger partial charge in [0.2, 0.25) is 5.88 Å². The topological polar surface area (TPSA) is 76.3 Å². The number of alkyl halides is 1. The van der Waals surface area contributed by atoms with Crippen LogP contribution in [0.1, 0.15) is 19.0 Å². The van der Waals surface area contributed by atoms with E-state index in [0.29, 0.717) is 17.7 Å². The maximum atomic E-state index is 15.0. The van der Waals surface area contributed by atoms with Gasteiger partial charge in [0.1, 0.15) is 11.9 Å². The van der Waals surface area contributed by atoms with Crippen molar-refractivity contribution in [1.82, 2.24) is 24.9 Å². The van der Waals surface area contributed by atoms with Crippen LogP contribution >= 0.6 is 0 Å². The van der Waals surface area contributed by atoms with Crippen molar-refractivity contribution in [1.29, 1.82) is 0 Å². The highest BCUT2D eigenvalue weighted by Crippen LogP contribution is 2.37. The Balaban J connectivity index is 1.32. The van der Waals surface area contributed by atoms with Gasteiger partial charge in [0.05, 0.1) is 23.1 Å². The van der Waals surface area contributed by atoms with Gasteiger partial charge in [-0.1, -0.05) is 11.6 Å². The molecule has 4 heterocycles. The predicted molar refractivity (Wildman–Crippen MR) is 114 cm³/mol. The van der Waals surface area contributed by atoms with Crippen molar-refractivity contribution < 1.29 is 14.2 Å². The number of aromatic nitrogens is 4. The average molecular weight is 421 g/mol. The van der Waals surface area contributed by atoms with Gasteiger partial charge in [-0.15, -0.1) is 10.2 Å². The molecule has 5 rings (SSSR count). The van der Waals surface area contributed by atoms with Crippen molar-refractivity contribution in [2.45, 2.75) is 44.6 Å². The minimum Gasteiger partial charge on any atom is -0.507 e. The van der Waals surface area contributed by atoms with Gasteiger partial charge in [0, 0.05) is 36.4 Å². The number of hydrogen-bond acceptors (Lipinski definition) is 6. The lowest BCUT2D eigenvalue weighted by Gasteiger charge is -2.39. The number of phenols is 1. The first kappa shape index (κ1) is 19.7. The molecular weight excluding hydrogens is 397 g/mol. The van der Waals surface area contributed by atoms with Gasteiger partial charge >= 0.3 is 0 Å². The largest absolute Gasteiger partial charge is 0.507 e. The van der Waals surface area contributed by atoms with Crippen molar-refractivity contribution in [3.05, 3.63) is 59.9 Å².